The molecule has 0 amide bonds. The van der Waals surface area contributed by atoms with Gasteiger partial charge in [-0.15, -0.1) is 11.3 Å². The largest absolute Gasteiger partial charge is 0.398 e. The zero-order valence-corrected chi connectivity index (χ0v) is 11.4. The summed E-state index contributed by atoms with van der Waals surface area (Å²) < 4.78 is 28.7. The molecule has 8 heteroatoms. The van der Waals surface area contributed by atoms with Crippen LogP contribution in [0.4, 0.5) is 5.69 Å². The molecule has 0 fully saturated rings. The summed E-state index contributed by atoms with van der Waals surface area (Å²) in [7, 11) is -3.49. The molecule has 0 spiro atoms. The fourth-order valence-corrected chi connectivity index (χ4v) is 3.87. The standard InChI is InChI=1S/C10H14N4O2S2/c1-8(5-14-3-2-12-7-14)13-18(15,16)10-4-9(11)6-17-10/h2-4,6-8,13H,5,11H2,1H3. The number of imidazole rings is 1. The van der Waals surface area contributed by atoms with Crippen LogP contribution in [0.1, 0.15) is 6.92 Å². The van der Waals surface area contributed by atoms with Crippen LogP contribution in [0, 0.1) is 0 Å². The molecular weight excluding hydrogens is 272 g/mol. The molecule has 98 valence electrons. The average Bonchev–Trinajstić information content (AvgIpc) is 2.88. The SMILES string of the molecule is CC(Cn1ccnc1)NS(=O)(=O)c1cc(N)cs1. The van der Waals surface area contributed by atoms with Gasteiger partial charge in [0.05, 0.1) is 6.33 Å². The predicted molar refractivity (Wildman–Crippen MR) is 70.7 cm³/mol. The van der Waals surface area contributed by atoms with Gasteiger partial charge in [0.15, 0.2) is 0 Å². The Bertz CT molecular complexity index is 604. The zero-order valence-electron chi connectivity index (χ0n) is 9.78. The molecule has 0 aliphatic carbocycles. The van der Waals surface area contributed by atoms with Crippen LogP contribution in [-0.4, -0.2) is 24.0 Å². The summed E-state index contributed by atoms with van der Waals surface area (Å²) in [6, 6.07) is 1.23. The number of nitrogens with one attached hydrogen (secondary N) is 1. The molecule has 1 atom stereocenters. The van der Waals surface area contributed by atoms with E-state index in [9.17, 15) is 8.42 Å². The first-order valence-corrected chi connectivity index (χ1v) is 7.66. The molecule has 0 aromatic carbocycles. The molecular formula is C10H14N4O2S2. The number of nitrogens with zero attached hydrogens (tertiary/aromatic N) is 2. The van der Waals surface area contributed by atoms with Gasteiger partial charge in [-0.05, 0) is 13.0 Å². The van der Waals surface area contributed by atoms with Crippen LogP contribution in [0.25, 0.3) is 0 Å². The third-order valence-corrected chi connectivity index (χ3v) is 5.31. The normalized spacial score (nSPS) is 13.6. The lowest BCUT2D eigenvalue weighted by atomic mass is 10.4. The van der Waals surface area contributed by atoms with Crippen LogP contribution in [0.2, 0.25) is 0 Å². The average molecular weight is 286 g/mol. The van der Waals surface area contributed by atoms with Gasteiger partial charge in [-0.1, -0.05) is 0 Å². The van der Waals surface area contributed by atoms with Crippen molar-refractivity contribution in [1.29, 1.82) is 0 Å². The minimum atomic E-state index is -3.49. The van der Waals surface area contributed by atoms with Crippen molar-refractivity contribution in [1.82, 2.24) is 14.3 Å². The Morgan fingerprint density at radius 2 is 2.39 bits per heavy atom. The van der Waals surface area contributed by atoms with Crippen molar-refractivity contribution >= 4 is 27.0 Å². The molecule has 18 heavy (non-hydrogen) atoms. The minimum absolute atomic E-state index is 0.229. The maximum atomic E-state index is 12.0. The topological polar surface area (TPSA) is 90.0 Å². The zero-order chi connectivity index (χ0) is 13.2. The molecule has 2 aromatic rings. The van der Waals surface area contributed by atoms with Gasteiger partial charge in [-0.2, -0.15) is 0 Å². The van der Waals surface area contributed by atoms with Crippen molar-refractivity contribution < 1.29 is 8.42 Å². The number of nitrogen functional groups attached to an aromatic ring is 1. The summed E-state index contributed by atoms with van der Waals surface area (Å²) in [6.07, 6.45) is 5.09. The van der Waals surface area contributed by atoms with Gasteiger partial charge in [0.2, 0.25) is 10.0 Å². The van der Waals surface area contributed by atoms with Crippen LogP contribution in [0.5, 0.6) is 0 Å². The summed E-state index contributed by atoms with van der Waals surface area (Å²) in [5, 5.41) is 1.61. The van der Waals surface area contributed by atoms with Gasteiger partial charge >= 0.3 is 0 Å². The van der Waals surface area contributed by atoms with E-state index in [1.165, 1.54) is 6.07 Å². The lowest BCUT2D eigenvalue weighted by Crippen LogP contribution is -2.35. The second-order valence-corrected chi connectivity index (χ2v) is 6.83. The number of thiophene rings is 1. The van der Waals surface area contributed by atoms with Crippen molar-refractivity contribution in [2.45, 2.75) is 23.7 Å². The van der Waals surface area contributed by atoms with Crippen LogP contribution in [-0.2, 0) is 16.6 Å². The van der Waals surface area contributed by atoms with Crippen molar-refractivity contribution in [2.24, 2.45) is 0 Å². The van der Waals surface area contributed by atoms with Gasteiger partial charge in [0.25, 0.3) is 0 Å². The lowest BCUT2D eigenvalue weighted by Gasteiger charge is -2.13. The van der Waals surface area contributed by atoms with Crippen molar-refractivity contribution in [3.05, 3.63) is 30.2 Å². The summed E-state index contributed by atoms with van der Waals surface area (Å²) in [5.74, 6) is 0. The minimum Gasteiger partial charge on any atom is -0.398 e. The Kier molecular flexibility index (Phi) is 3.69. The number of anilines is 1. The Morgan fingerprint density at radius 1 is 1.61 bits per heavy atom. The van der Waals surface area contributed by atoms with Crippen LogP contribution in [0.15, 0.2) is 34.4 Å². The highest BCUT2D eigenvalue weighted by atomic mass is 32.2. The third-order valence-electron chi connectivity index (χ3n) is 2.26. The second-order valence-electron chi connectivity index (χ2n) is 3.98. The summed E-state index contributed by atoms with van der Waals surface area (Å²) in [5.41, 5.74) is 5.98. The fourth-order valence-electron chi connectivity index (χ4n) is 1.54. The van der Waals surface area contributed by atoms with Crippen LogP contribution < -0.4 is 10.5 Å². The van der Waals surface area contributed by atoms with E-state index in [0.29, 0.717) is 12.2 Å². The Hall–Kier alpha value is -1.38. The molecule has 1 unspecified atom stereocenters. The van der Waals surface area contributed by atoms with Crippen molar-refractivity contribution in [3.8, 4) is 0 Å². The van der Waals surface area contributed by atoms with E-state index in [0.717, 1.165) is 11.3 Å². The highest BCUT2D eigenvalue weighted by molar-refractivity contribution is 7.91. The highest BCUT2D eigenvalue weighted by Crippen LogP contribution is 2.21. The van der Waals surface area contributed by atoms with Gasteiger partial charge in [-0.25, -0.2) is 18.1 Å². The van der Waals surface area contributed by atoms with Crippen LogP contribution in [0.3, 0.4) is 0 Å². The highest BCUT2D eigenvalue weighted by Gasteiger charge is 2.19. The molecule has 0 saturated heterocycles. The monoisotopic (exact) mass is 286 g/mol. The van der Waals surface area contributed by atoms with E-state index in [1.54, 1.807) is 31.0 Å². The maximum absolute atomic E-state index is 12.0. The van der Waals surface area contributed by atoms with E-state index < -0.39 is 10.0 Å². The number of sulfonamides is 1. The lowest BCUT2D eigenvalue weighted by molar-refractivity contribution is 0.521. The maximum Gasteiger partial charge on any atom is 0.250 e. The smallest absolute Gasteiger partial charge is 0.250 e. The van der Waals surface area contributed by atoms with E-state index in [2.05, 4.69) is 9.71 Å². The second kappa shape index (κ2) is 5.09. The summed E-state index contributed by atoms with van der Waals surface area (Å²) in [6.45, 7) is 2.33. The molecule has 6 nitrogen and oxygen atoms in total. The first-order chi connectivity index (χ1) is 8.47. The Labute approximate surface area is 110 Å². The molecule has 0 aliphatic rings. The van der Waals surface area contributed by atoms with Gasteiger partial charge in [-0.3, -0.25) is 0 Å². The number of rotatable bonds is 5. The molecule has 2 rings (SSSR count). The number of nitrogens with two attached hydrogens (primary N) is 1. The number of hydrogen-bond donors (Lipinski definition) is 2. The van der Waals surface area contributed by atoms with Crippen molar-refractivity contribution in [2.75, 3.05) is 5.73 Å². The predicted octanol–water partition coefficient (Wildman–Crippen LogP) is 0.894. The van der Waals surface area contributed by atoms with Gasteiger partial charge in [0.1, 0.15) is 4.21 Å². The molecule has 0 aliphatic heterocycles. The first-order valence-electron chi connectivity index (χ1n) is 5.29. The number of hydrogen-bond acceptors (Lipinski definition) is 5. The molecule has 2 heterocycles. The van der Waals surface area contributed by atoms with E-state index >= 15 is 0 Å². The fraction of sp³-hybridized carbons (Fsp3) is 0.300. The third kappa shape index (κ3) is 3.09. The van der Waals surface area contributed by atoms with E-state index in [4.69, 9.17) is 5.73 Å². The molecule has 2 aromatic heterocycles. The van der Waals surface area contributed by atoms with Gasteiger partial charge < -0.3 is 10.3 Å². The molecule has 0 radical (unpaired) electrons. The number of aromatic nitrogens is 2. The molecule has 0 bridgehead atoms. The van der Waals surface area contributed by atoms with E-state index in [1.807, 2.05) is 4.57 Å². The summed E-state index contributed by atoms with van der Waals surface area (Å²) >= 11 is 1.11. The van der Waals surface area contributed by atoms with E-state index in [-0.39, 0.29) is 10.3 Å². The molecule has 0 saturated carbocycles. The molecule has 3 N–H and O–H groups in total. The Balaban J connectivity index is 2.04. The van der Waals surface area contributed by atoms with Gasteiger partial charge in [0, 0.05) is 36.0 Å². The van der Waals surface area contributed by atoms with Crippen LogP contribution >= 0.6 is 11.3 Å². The Morgan fingerprint density at radius 3 is 2.94 bits per heavy atom. The summed E-state index contributed by atoms with van der Waals surface area (Å²) in [4.78, 5) is 3.90. The first kappa shape index (κ1) is 13.1. The quantitative estimate of drug-likeness (QED) is 0.854. The van der Waals surface area contributed by atoms with Crippen molar-refractivity contribution in [3.63, 3.8) is 0 Å².